The van der Waals surface area contributed by atoms with Gasteiger partial charge in [-0.3, -0.25) is 4.68 Å². The molecule has 2 aromatic rings. The fourth-order valence-electron chi connectivity index (χ4n) is 2.45. The Kier molecular flexibility index (Phi) is 3.49. The molecule has 0 aliphatic carbocycles. The molecule has 112 valence electrons. The monoisotopic (exact) mass is 287 g/mol. The minimum Gasteiger partial charge on any atom is -0.449 e. The minimum absolute atomic E-state index is 0.583. The molecule has 1 aromatic carbocycles. The van der Waals surface area contributed by atoms with Crippen molar-refractivity contribution in [2.45, 2.75) is 46.1 Å². The van der Waals surface area contributed by atoms with Gasteiger partial charge < -0.3 is 14.8 Å². The summed E-state index contributed by atoms with van der Waals surface area (Å²) in [6, 6.07) is 7.96. The summed E-state index contributed by atoms with van der Waals surface area (Å²) < 4.78 is 13.5. The second kappa shape index (κ2) is 5.31. The molecule has 5 heteroatoms. The van der Waals surface area contributed by atoms with Gasteiger partial charge in [0, 0.05) is 38.3 Å². The average Bonchev–Trinajstić information content (AvgIpc) is 2.98. The molecule has 5 nitrogen and oxygen atoms in total. The van der Waals surface area contributed by atoms with Crippen molar-refractivity contribution >= 4 is 5.69 Å². The number of ether oxygens (including phenoxy) is 2. The van der Waals surface area contributed by atoms with Crippen LogP contribution in [0.1, 0.15) is 32.9 Å². The van der Waals surface area contributed by atoms with E-state index in [-0.39, 0.29) is 0 Å². The first kappa shape index (κ1) is 13.8. The summed E-state index contributed by atoms with van der Waals surface area (Å²) in [6.07, 6.45) is 2.92. The molecule has 0 bridgehead atoms. The van der Waals surface area contributed by atoms with Gasteiger partial charge >= 0.3 is 0 Å². The molecule has 0 spiro atoms. The highest BCUT2D eigenvalue weighted by molar-refractivity contribution is 5.56. The summed E-state index contributed by atoms with van der Waals surface area (Å²) in [6.45, 7) is 7.65. The lowest BCUT2D eigenvalue weighted by Crippen LogP contribution is -2.29. The number of anilines is 1. The zero-order valence-electron chi connectivity index (χ0n) is 12.7. The summed E-state index contributed by atoms with van der Waals surface area (Å²) in [5.41, 5.74) is 2.19. The van der Waals surface area contributed by atoms with E-state index in [9.17, 15) is 0 Å². The van der Waals surface area contributed by atoms with Gasteiger partial charge in [0.25, 0.3) is 0 Å². The van der Waals surface area contributed by atoms with Crippen molar-refractivity contribution in [1.82, 2.24) is 9.78 Å². The van der Waals surface area contributed by atoms with Crippen LogP contribution in [0.5, 0.6) is 11.5 Å². The zero-order valence-corrected chi connectivity index (χ0v) is 12.7. The van der Waals surface area contributed by atoms with Crippen LogP contribution in [0.2, 0.25) is 0 Å². The second-order valence-corrected chi connectivity index (χ2v) is 5.66. The largest absolute Gasteiger partial charge is 0.449 e. The second-order valence-electron chi connectivity index (χ2n) is 5.66. The van der Waals surface area contributed by atoms with Crippen molar-refractivity contribution in [2.75, 3.05) is 5.32 Å². The number of rotatable bonds is 5. The molecule has 0 amide bonds. The van der Waals surface area contributed by atoms with Crippen molar-refractivity contribution < 1.29 is 9.47 Å². The van der Waals surface area contributed by atoms with Crippen molar-refractivity contribution in [3.05, 3.63) is 36.2 Å². The van der Waals surface area contributed by atoms with E-state index in [1.54, 1.807) is 0 Å². The normalized spacial score (nSPS) is 15.2. The Bertz CT molecular complexity index is 634. The van der Waals surface area contributed by atoms with Crippen molar-refractivity contribution in [3.63, 3.8) is 0 Å². The molecule has 0 saturated heterocycles. The summed E-state index contributed by atoms with van der Waals surface area (Å²) in [4.78, 5) is 0. The van der Waals surface area contributed by atoms with Gasteiger partial charge in [-0.1, -0.05) is 6.92 Å². The number of hydrogen-bond acceptors (Lipinski definition) is 4. The van der Waals surface area contributed by atoms with E-state index in [1.165, 1.54) is 5.69 Å². The molecule has 0 saturated carbocycles. The number of aromatic nitrogens is 2. The predicted molar refractivity (Wildman–Crippen MR) is 81.6 cm³/mol. The highest BCUT2D eigenvalue weighted by Gasteiger charge is 2.31. The maximum atomic E-state index is 5.75. The highest BCUT2D eigenvalue weighted by Crippen LogP contribution is 2.40. The SMILES string of the molecule is CCCn1nccc1CNc1ccc2c(c1)OC(C)(C)O2. The Morgan fingerprint density at radius 1 is 1.19 bits per heavy atom. The average molecular weight is 287 g/mol. The Balaban J connectivity index is 1.68. The quantitative estimate of drug-likeness (QED) is 0.915. The van der Waals surface area contributed by atoms with Crippen molar-refractivity contribution in [3.8, 4) is 11.5 Å². The van der Waals surface area contributed by atoms with E-state index in [4.69, 9.17) is 9.47 Å². The first-order chi connectivity index (χ1) is 10.1. The summed E-state index contributed by atoms with van der Waals surface area (Å²) in [7, 11) is 0. The number of fused-ring (bicyclic) bond motifs is 1. The van der Waals surface area contributed by atoms with Crippen LogP contribution in [0, 0.1) is 0 Å². The molecule has 0 atom stereocenters. The van der Waals surface area contributed by atoms with Crippen molar-refractivity contribution in [2.24, 2.45) is 0 Å². The molecule has 0 unspecified atom stereocenters. The van der Waals surface area contributed by atoms with E-state index in [0.29, 0.717) is 0 Å². The molecule has 1 N–H and O–H groups in total. The fourth-order valence-corrected chi connectivity index (χ4v) is 2.45. The number of nitrogens with zero attached hydrogens (tertiary/aromatic N) is 2. The minimum atomic E-state index is -0.583. The van der Waals surface area contributed by atoms with Gasteiger partial charge in [0.2, 0.25) is 5.79 Å². The third-order valence-corrected chi connectivity index (χ3v) is 3.37. The molecule has 21 heavy (non-hydrogen) atoms. The van der Waals surface area contributed by atoms with Gasteiger partial charge in [0.15, 0.2) is 11.5 Å². The lowest BCUT2D eigenvalue weighted by atomic mass is 10.2. The molecule has 0 fully saturated rings. The fraction of sp³-hybridized carbons (Fsp3) is 0.438. The molecular formula is C16H21N3O2. The van der Waals surface area contributed by atoms with Gasteiger partial charge in [-0.15, -0.1) is 0 Å². The Morgan fingerprint density at radius 2 is 2.00 bits per heavy atom. The number of aryl methyl sites for hydroxylation is 1. The molecule has 1 aliphatic heterocycles. The first-order valence-electron chi connectivity index (χ1n) is 7.34. The van der Waals surface area contributed by atoms with Crippen LogP contribution in [0.4, 0.5) is 5.69 Å². The van der Waals surface area contributed by atoms with E-state index in [1.807, 2.05) is 49.0 Å². The Labute approximate surface area is 124 Å². The van der Waals surface area contributed by atoms with Crippen LogP contribution in [-0.2, 0) is 13.1 Å². The smallest absolute Gasteiger partial charge is 0.246 e. The molecule has 1 aromatic heterocycles. The third kappa shape index (κ3) is 2.96. The highest BCUT2D eigenvalue weighted by atomic mass is 16.7. The Morgan fingerprint density at radius 3 is 2.81 bits per heavy atom. The van der Waals surface area contributed by atoms with Gasteiger partial charge in [-0.25, -0.2) is 0 Å². The van der Waals surface area contributed by atoms with Gasteiger partial charge in [-0.2, -0.15) is 5.10 Å². The zero-order chi connectivity index (χ0) is 14.9. The molecule has 1 aliphatic rings. The third-order valence-electron chi connectivity index (χ3n) is 3.37. The number of hydrogen-bond donors (Lipinski definition) is 1. The van der Waals surface area contributed by atoms with Crippen LogP contribution in [0.25, 0.3) is 0 Å². The van der Waals surface area contributed by atoms with Gasteiger partial charge in [-0.05, 0) is 24.6 Å². The molecule has 3 rings (SSSR count). The predicted octanol–water partition coefficient (Wildman–Crippen LogP) is 3.41. The van der Waals surface area contributed by atoms with E-state index in [2.05, 4.69) is 17.3 Å². The first-order valence-corrected chi connectivity index (χ1v) is 7.34. The Hall–Kier alpha value is -2.17. The van der Waals surface area contributed by atoms with Crippen LogP contribution >= 0.6 is 0 Å². The maximum absolute atomic E-state index is 5.75. The summed E-state index contributed by atoms with van der Waals surface area (Å²) >= 11 is 0. The lowest BCUT2D eigenvalue weighted by Gasteiger charge is -2.16. The standard InChI is InChI=1S/C16H21N3O2/c1-4-9-19-13(7-8-18-19)11-17-12-5-6-14-15(10-12)21-16(2,3)20-14/h5-8,10,17H,4,9,11H2,1-3H3. The summed E-state index contributed by atoms with van der Waals surface area (Å²) in [5.74, 6) is 0.995. The van der Waals surface area contributed by atoms with E-state index in [0.717, 1.165) is 36.7 Å². The maximum Gasteiger partial charge on any atom is 0.246 e. The van der Waals surface area contributed by atoms with E-state index < -0.39 is 5.79 Å². The number of benzene rings is 1. The molecular weight excluding hydrogens is 266 g/mol. The van der Waals surface area contributed by atoms with Gasteiger partial charge in [0.1, 0.15) is 0 Å². The topological polar surface area (TPSA) is 48.3 Å². The number of nitrogens with one attached hydrogen (secondary N) is 1. The van der Waals surface area contributed by atoms with Crippen LogP contribution in [-0.4, -0.2) is 15.6 Å². The lowest BCUT2D eigenvalue weighted by molar-refractivity contribution is -0.0431. The van der Waals surface area contributed by atoms with Crippen LogP contribution in [0.3, 0.4) is 0 Å². The van der Waals surface area contributed by atoms with E-state index >= 15 is 0 Å². The summed E-state index contributed by atoms with van der Waals surface area (Å²) in [5, 5.41) is 7.73. The molecule has 2 heterocycles. The molecule has 0 radical (unpaired) electrons. The van der Waals surface area contributed by atoms with Gasteiger partial charge in [0.05, 0.1) is 12.2 Å². The van der Waals surface area contributed by atoms with Crippen LogP contribution in [0.15, 0.2) is 30.5 Å². The van der Waals surface area contributed by atoms with Crippen LogP contribution < -0.4 is 14.8 Å². The van der Waals surface area contributed by atoms with Crippen molar-refractivity contribution in [1.29, 1.82) is 0 Å².